The zero-order chi connectivity index (χ0) is 37.5. The van der Waals surface area contributed by atoms with Crippen LogP contribution in [-0.4, -0.2) is 31.9 Å². The Hall–Kier alpha value is -2.98. The van der Waals surface area contributed by atoms with Crippen molar-refractivity contribution in [3.8, 4) is 22.3 Å². The Morgan fingerprint density at radius 2 is 0.882 bits per heavy atom. The van der Waals surface area contributed by atoms with E-state index in [4.69, 9.17) is 0 Å². The van der Waals surface area contributed by atoms with Crippen LogP contribution in [0.5, 0.6) is 0 Å². The molecule has 0 amide bonds. The van der Waals surface area contributed by atoms with Crippen molar-refractivity contribution in [1.29, 1.82) is 0 Å². The van der Waals surface area contributed by atoms with Crippen LogP contribution < -0.4 is 10.6 Å². The number of rotatable bonds is 6. The van der Waals surface area contributed by atoms with Crippen LogP contribution in [0.15, 0.2) is 96.1 Å². The van der Waals surface area contributed by atoms with Gasteiger partial charge in [0.15, 0.2) is 0 Å². The zero-order valence-electron chi connectivity index (χ0n) is 33.9. The number of allylic oxidation sites excluding steroid dienone is 2. The molecule has 270 valence electrons. The molecule has 0 saturated carbocycles. The Bertz CT molecular complexity index is 1720. The summed E-state index contributed by atoms with van der Waals surface area (Å²) in [6.07, 6.45) is 7.41. The molecule has 0 saturated heterocycles. The summed E-state index contributed by atoms with van der Waals surface area (Å²) in [5.74, 6) is 0. The third kappa shape index (κ3) is 8.98. The summed E-state index contributed by atoms with van der Waals surface area (Å²) in [5.41, 5.74) is 18.0. The van der Waals surface area contributed by atoms with Crippen LogP contribution in [0.3, 0.4) is 0 Å². The van der Waals surface area contributed by atoms with Crippen molar-refractivity contribution in [2.24, 2.45) is 0 Å². The van der Waals surface area contributed by atoms with Gasteiger partial charge in [0.2, 0.25) is 0 Å². The summed E-state index contributed by atoms with van der Waals surface area (Å²) in [7, 11) is 7.50. The average Bonchev–Trinajstić information content (AvgIpc) is 3.67. The van der Waals surface area contributed by atoms with E-state index in [0.29, 0.717) is 7.35 Å². The molecule has 0 aliphatic heterocycles. The second kappa shape index (κ2) is 17.7. The van der Waals surface area contributed by atoms with Crippen LogP contribution in [0.2, 0.25) is 0 Å². The molecule has 2 nitrogen and oxygen atoms in total. The van der Waals surface area contributed by atoms with Crippen molar-refractivity contribution in [2.45, 2.75) is 93.3 Å². The summed E-state index contributed by atoms with van der Waals surface area (Å²) in [6.45, 7) is 20.9. The van der Waals surface area contributed by atoms with Crippen molar-refractivity contribution >= 4 is 15.9 Å². The summed E-state index contributed by atoms with van der Waals surface area (Å²) >= 11 is -2.50. The molecule has 2 aliphatic rings. The maximum absolute atomic E-state index is 2.75. The quantitative estimate of drug-likeness (QED) is 0.189. The molecule has 0 heterocycles. The first kappa shape index (κ1) is 40.8. The third-order valence-electron chi connectivity index (χ3n) is 10.2. The number of nitrogens with one attached hydrogen (secondary N) is 2. The van der Waals surface area contributed by atoms with E-state index in [-0.39, 0.29) is 10.8 Å². The standard InChI is InChI=1S/2C21H23.2C2H7N.C2H4.Hf/c2*1-5-15-13-17-7-6-8-19(20(17)14-15)16-9-11-18(12-10-16)21(2,3)4;2*1-3-2;1-2;/h2*6-14H,5H2,1-4H3;2*3H,1-2H3;1H,2H3;. The van der Waals surface area contributed by atoms with E-state index < -0.39 is 21.0 Å². The van der Waals surface area contributed by atoms with Gasteiger partial charge in [-0.1, -0.05) is 0 Å². The van der Waals surface area contributed by atoms with E-state index in [0.717, 1.165) is 12.8 Å². The molecule has 4 aromatic carbocycles. The molecule has 2 aliphatic carbocycles. The molecule has 0 spiro atoms. The Morgan fingerprint density at radius 1 is 0.549 bits per heavy atom. The molecular weight excluding hydrogens is 783 g/mol. The normalized spacial score (nSPS) is 16.1. The molecule has 2 N–H and O–H groups in total. The number of fused-ring (bicyclic) bond motifs is 2. The number of hydrogen-bond acceptors (Lipinski definition) is 2. The van der Waals surface area contributed by atoms with Crippen molar-refractivity contribution in [2.75, 3.05) is 28.2 Å². The zero-order valence-corrected chi connectivity index (χ0v) is 37.5. The molecule has 0 fully saturated rings. The summed E-state index contributed by atoms with van der Waals surface area (Å²) in [4.78, 5) is 0. The number of benzene rings is 4. The van der Waals surface area contributed by atoms with Gasteiger partial charge in [-0.3, -0.25) is 0 Å². The molecule has 0 bridgehead atoms. The topological polar surface area (TPSA) is 24.1 Å². The second-order valence-electron chi connectivity index (χ2n) is 16.1. The summed E-state index contributed by atoms with van der Waals surface area (Å²) < 4.78 is 3.91. The molecule has 0 aromatic heterocycles. The van der Waals surface area contributed by atoms with Crippen molar-refractivity contribution < 1.29 is 21.0 Å². The van der Waals surface area contributed by atoms with Gasteiger partial charge in [0.05, 0.1) is 0 Å². The minimum absolute atomic E-state index is 0.161. The summed E-state index contributed by atoms with van der Waals surface area (Å²) in [6, 6.07) is 32.9. The van der Waals surface area contributed by atoms with Gasteiger partial charge < -0.3 is 10.6 Å². The first-order chi connectivity index (χ1) is 24.3. The third-order valence-corrected chi connectivity index (χ3v) is 22.3. The Balaban J connectivity index is 0.000000909. The molecule has 3 heteroatoms. The predicted molar refractivity (Wildman–Crippen MR) is 225 cm³/mol. The van der Waals surface area contributed by atoms with Crippen LogP contribution in [-0.2, 0) is 31.8 Å². The van der Waals surface area contributed by atoms with E-state index in [9.17, 15) is 0 Å². The second-order valence-corrected chi connectivity index (χ2v) is 25.9. The van der Waals surface area contributed by atoms with Gasteiger partial charge in [0.25, 0.3) is 0 Å². The van der Waals surface area contributed by atoms with Crippen LogP contribution in [0.1, 0.15) is 116 Å². The van der Waals surface area contributed by atoms with Gasteiger partial charge in [-0.05, 0) is 28.2 Å². The minimum atomic E-state index is -2.50. The number of hydrogen-bond donors (Lipinski definition) is 2. The summed E-state index contributed by atoms with van der Waals surface area (Å²) in [5, 5.41) is 5.50. The van der Waals surface area contributed by atoms with Crippen LogP contribution in [0.4, 0.5) is 0 Å². The van der Waals surface area contributed by atoms with E-state index in [2.05, 4.69) is 174 Å². The fourth-order valence-electron chi connectivity index (χ4n) is 7.63. The van der Waals surface area contributed by atoms with E-state index in [1.54, 1.807) is 22.3 Å². The van der Waals surface area contributed by atoms with E-state index in [1.165, 1.54) is 44.5 Å². The van der Waals surface area contributed by atoms with Crippen LogP contribution in [0.25, 0.3) is 34.4 Å². The molecule has 0 radical (unpaired) electrons. The van der Waals surface area contributed by atoms with Gasteiger partial charge in [-0.2, -0.15) is 0 Å². The van der Waals surface area contributed by atoms with E-state index >= 15 is 0 Å². The fraction of sp³-hybridized carbons (Fsp3) is 0.396. The van der Waals surface area contributed by atoms with Gasteiger partial charge >= 0.3 is 282 Å². The molecule has 6 rings (SSSR count). The monoisotopic (exact) mass is 848 g/mol. The van der Waals surface area contributed by atoms with Crippen molar-refractivity contribution in [3.63, 3.8) is 0 Å². The molecule has 2 atom stereocenters. The van der Waals surface area contributed by atoms with Gasteiger partial charge in [0.1, 0.15) is 0 Å². The first-order valence-electron chi connectivity index (χ1n) is 19.0. The molecule has 51 heavy (non-hydrogen) atoms. The Kier molecular flexibility index (Phi) is 14.2. The van der Waals surface area contributed by atoms with Crippen LogP contribution in [0, 0.1) is 0 Å². The molecule has 4 aromatic rings. The molecule has 2 unspecified atom stereocenters. The Labute approximate surface area is 318 Å². The van der Waals surface area contributed by atoms with Gasteiger partial charge in [-0.25, -0.2) is 0 Å². The average molecular weight is 848 g/mol. The maximum atomic E-state index is 2.75. The van der Waals surface area contributed by atoms with E-state index in [1.807, 2.05) is 28.2 Å². The fourth-order valence-corrected chi connectivity index (χ4v) is 20.8. The molecular formula is C48H64HfN2. The van der Waals surface area contributed by atoms with Gasteiger partial charge in [0, 0.05) is 0 Å². The Morgan fingerprint density at radius 3 is 1.16 bits per heavy atom. The van der Waals surface area contributed by atoms with Crippen molar-refractivity contribution in [3.05, 3.63) is 129 Å². The van der Waals surface area contributed by atoms with Crippen molar-refractivity contribution in [1.82, 2.24) is 10.6 Å². The van der Waals surface area contributed by atoms with Crippen LogP contribution >= 0.6 is 0 Å². The van der Waals surface area contributed by atoms with Gasteiger partial charge in [-0.15, -0.1) is 0 Å². The first-order valence-corrected chi connectivity index (χ1v) is 25.2. The predicted octanol–water partition coefficient (Wildman–Crippen LogP) is 12.1. The SMILES string of the molecule is CNC.CNC.C[CH]=[Hf]([CH]1C(CC)=Cc2c(-c3ccc(C(C)(C)C)cc3)cccc21)[CH]1C(CC)=Cc2c(-c3ccc(C(C)(C)C)cc3)cccc21.